The molecule has 1 saturated carbocycles. The van der Waals surface area contributed by atoms with E-state index < -0.39 is 24.9 Å². The summed E-state index contributed by atoms with van der Waals surface area (Å²) in [4.78, 5) is 0. The molecule has 5 nitrogen and oxygen atoms in total. The summed E-state index contributed by atoms with van der Waals surface area (Å²) in [6.45, 7) is 0. The van der Waals surface area contributed by atoms with Crippen LogP contribution in [0.4, 0.5) is 0 Å². The van der Waals surface area contributed by atoms with Crippen molar-refractivity contribution in [1.29, 1.82) is 0 Å². The Kier molecular flexibility index (Phi) is 4.36. The van der Waals surface area contributed by atoms with Gasteiger partial charge in [-0.05, 0) is 25.7 Å². The molecular formula is C9H19NO4S2. The van der Waals surface area contributed by atoms with Crippen molar-refractivity contribution in [1.82, 2.24) is 0 Å². The molecule has 0 amide bonds. The van der Waals surface area contributed by atoms with Crippen molar-refractivity contribution in [2.75, 3.05) is 17.8 Å². The highest BCUT2D eigenvalue weighted by Crippen LogP contribution is 2.23. The van der Waals surface area contributed by atoms with Gasteiger partial charge in [-0.2, -0.15) is 0 Å². The van der Waals surface area contributed by atoms with Crippen molar-refractivity contribution < 1.29 is 16.8 Å². The maximum absolute atomic E-state index is 11.8. The Bertz CT molecular complexity index is 418. The van der Waals surface area contributed by atoms with Crippen LogP contribution in [0.15, 0.2) is 0 Å². The summed E-state index contributed by atoms with van der Waals surface area (Å²) in [6, 6.07) is 0.0985. The molecular weight excluding hydrogens is 250 g/mol. The lowest BCUT2D eigenvalue weighted by molar-refractivity contribution is 0.434. The minimum atomic E-state index is -3.27. The fourth-order valence-electron chi connectivity index (χ4n) is 1.88. The largest absolute Gasteiger partial charge is 0.328 e. The molecule has 7 heteroatoms. The Morgan fingerprint density at radius 2 is 1.50 bits per heavy atom. The lowest BCUT2D eigenvalue weighted by Crippen LogP contribution is -2.35. The zero-order valence-corrected chi connectivity index (χ0v) is 11.1. The number of rotatable bonds is 4. The molecule has 2 N–H and O–H groups in total. The zero-order valence-electron chi connectivity index (χ0n) is 9.42. The van der Waals surface area contributed by atoms with E-state index in [0.29, 0.717) is 25.7 Å². The van der Waals surface area contributed by atoms with Crippen molar-refractivity contribution >= 4 is 19.7 Å². The third kappa shape index (κ3) is 4.39. The summed E-state index contributed by atoms with van der Waals surface area (Å²) in [5.74, 6) is -0.538. The third-order valence-electron chi connectivity index (χ3n) is 2.97. The molecule has 16 heavy (non-hydrogen) atoms. The van der Waals surface area contributed by atoms with E-state index in [4.69, 9.17) is 5.73 Å². The summed E-state index contributed by atoms with van der Waals surface area (Å²) in [5, 5.41) is -0.394. The minimum Gasteiger partial charge on any atom is -0.328 e. The lowest BCUT2D eigenvalue weighted by atomic mass is 9.96. The SMILES string of the molecule is CS(=O)(=O)CCS(=O)(=O)C1CCC(N)CC1. The van der Waals surface area contributed by atoms with Crippen LogP contribution >= 0.6 is 0 Å². The van der Waals surface area contributed by atoms with Crippen molar-refractivity contribution in [3.05, 3.63) is 0 Å². The molecule has 0 radical (unpaired) electrons. The normalized spacial score (nSPS) is 27.9. The van der Waals surface area contributed by atoms with Gasteiger partial charge in [0, 0.05) is 12.3 Å². The first-order valence-corrected chi connectivity index (χ1v) is 9.13. The Morgan fingerprint density at radius 3 is 1.94 bits per heavy atom. The quantitative estimate of drug-likeness (QED) is 0.757. The molecule has 0 bridgehead atoms. The van der Waals surface area contributed by atoms with Crippen LogP contribution in [0, 0.1) is 0 Å². The molecule has 0 aromatic heterocycles. The average molecular weight is 269 g/mol. The highest BCUT2D eigenvalue weighted by atomic mass is 32.2. The lowest BCUT2D eigenvalue weighted by Gasteiger charge is -2.25. The molecule has 0 unspecified atom stereocenters. The molecule has 0 spiro atoms. The number of hydrogen-bond acceptors (Lipinski definition) is 5. The van der Waals surface area contributed by atoms with Gasteiger partial charge in [-0.1, -0.05) is 0 Å². The highest BCUT2D eigenvalue weighted by Gasteiger charge is 2.30. The molecule has 1 aliphatic rings. The summed E-state index contributed by atoms with van der Waals surface area (Å²) in [7, 11) is -6.49. The van der Waals surface area contributed by atoms with E-state index in [2.05, 4.69) is 0 Å². The predicted octanol–water partition coefficient (Wildman–Crippen LogP) is -0.284. The smallest absolute Gasteiger partial charge is 0.154 e. The van der Waals surface area contributed by atoms with Crippen LogP contribution in [0.2, 0.25) is 0 Å². The van der Waals surface area contributed by atoms with Gasteiger partial charge in [0.1, 0.15) is 9.84 Å². The maximum atomic E-state index is 11.8. The van der Waals surface area contributed by atoms with E-state index >= 15 is 0 Å². The van der Waals surface area contributed by atoms with Crippen molar-refractivity contribution in [2.45, 2.75) is 37.0 Å². The second kappa shape index (κ2) is 5.01. The van der Waals surface area contributed by atoms with Gasteiger partial charge in [0.2, 0.25) is 0 Å². The average Bonchev–Trinajstić information content (AvgIpc) is 2.15. The van der Waals surface area contributed by atoms with E-state index in [0.717, 1.165) is 6.26 Å². The molecule has 0 saturated heterocycles. The van der Waals surface area contributed by atoms with E-state index in [1.54, 1.807) is 0 Å². The monoisotopic (exact) mass is 269 g/mol. The summed E-state index contributed by atoms with van der Waals surface area (Å²) in [5.41, 5.74) is 5.69. The Hall–Kier alpha value is -0.140. The van der Waals surface area contributed by atoms with Gasteiger partial charge < -0.3 is 5.73 Å². The fraction of sp³-hybridized carbons (Fsp3) is 1.00. The second-order valence-corrected chi connectivity index (χ2v) is 9.19. The molecule has 0 atom stereocenters. The molecule has 0 heterocycles. The fourth-order valence-corrected chi connectivity index (χ4v) is 5.35. The van der Waals surface area contributed by atoms with Gasteiger partial charge in [-0.3, -0.25) is 0 Å². The molecule has 96 valence electrons. The van der Waals surface area contributed by atoms with E-state index in [1.807, 2.05) is 0 Å². The Balaban J connectivity index is 2.58. The van der Waals surface area contributed by atoms with Gasteiger partial charge in [-0.15, -0.1) is 0 Å². The van der Waals surface area contributed by atoms with Crippen LogP contribution in [0.1, 0.15) is 25.7 Å². The van der Waals surface area contributed by atoms with E-state index in [9.17, 15) is 16.8 Å². The van der Waals surface area contributed by atoms with Gasteiger partial charge in [-0.25, -0.2) is 16.8 Å². The van der Waals surface area contributed by atoms with Crippen LogP contribution in [0.3, 0.4) is 0 Å². The second-order valence-electron chi connectivity index (χ2n) is 4.53. The van der Waals surface area contributed by atoms with Crippen molar-refractivity contribution in [3.63, 3.8) is 0 Å². The molecule has 0 aromatic rings. The Labute approximate surface area is 97.2 Å². The molecule has 1 aliphatic carbocycles. The number of sulfone groups is 2. The highest BCUT2D eigenvalue weighted by molar-refractivity contribution is 7.95. The minimum absolute atomic E-state index is 0.0985. The van der Waals surface area contributed by atoms with Crippen LogP contribution in [0.5, 0.6) is 0 Å². The van der Waals surface area contributed by atoms with Crippen LogP contribution in [-0.2, 0) is 19.7 Å². The molecule has 0 aromatic carbocycles. The Morgan fingerprint density at radius 1 is 1.00 bits per heavy atom. The molecule has 1 rings (SSSR count). The van der Waals surface area contributed by atoms with Gasteiger partial charge in [0.05, 0.1) is 16.8 Å². The van der Waals surface area contributed by atoms with E-state index in [1.165, 1.54) is 0 Å². The first-order chi connectivity index (χ1) is 7.21. The van der Waals surface area contributed by atoms with Gasteiger partial charge >= 0.3 is 0 Å². The standard InChI is InChI=1S/C9H19NO4S2/c1-15(11,12)6-7-16(13,14)9-4-2-8(10)3-5-9/h8-9H,2-7,10H2,1H3. The topological polar surface area (TPSA) is 94.3 Å². The van der Waals surface area contributed by atoms with Crippen molar-refractivity contribution in [3.8, 4) is 0 Å². The summed E-state index contributed by atoms with van der Waals surface area (Å²) >= 11 is 0. The zero-order chi connectivity index (χ0) is 12.4. The third-order valence-corrected chi connectivity index (χ3v) is 6.43. The van der Waals surface area contributed by atoms with Gasteiger partial charge in [0.25, 0.3) is 0 Å². The molecule has 1 fully saturated rings. The molecule has 0 aliphatic heterocycles. The van der Waals surface area contributed by atoms with Crippen LogP contribution in [0.25, 0.3) is 0 Å². The van der Waals surface area contributed by atoms with Gasteiger partial charge in [0.15, 0.2) is 9.84 Å². The predicted molar refractivity (Wildman–Crippen MR) is 63.7 cm³/mol. The van der Waals surface area contributed by atoms with E-state index in [-0.39, 0.29) is 17.5 Å². The number of nitrogens with two attached hydrogens (primary N) is 1. The van der Waals surface area contributed by atoms with Crippen LogP contribution in [-0.4, -0.2) is 45.9 Å². The summed E-state index contributed by atoms with van der Waals surface area (Å²) < 4.78 is 45.5. The summed E-state index contributed by atoms with van der Waals surface area (Å²) in [6.07, 6.45) is 3.60. The maximum Gasteiger partial charge on any atom is 0.154 e. The van der Waals surface area contributed by atoms with Crippen LogP contribution < -0.4 is 5.73 Å². The number of hydrogen-bond donors (Lipinski definition) is 1. The first-order valence-electron chi connectivity index (χ1n) is 5.35. The first kappa shape index (κ1) is 13.9. The van der Waals surface area contributed by atoms with Crippen molar-refractivity contribution in [2.24, 2.45) is 5.73 Å².